The molecule has 38 heavy (non-hydrogen) atoms. The maximum atomic E-state index is 13.9. The van der Waals surface area contributed by atoms with E-state index in [0.717, 1.165) is 50.1 Å². The average molecular weight is 557 g/mol. The number of aromatic nitrogens is 3. The summed E-state index contributed by atoms with van der Waals surface area (Å²) in [6.07, 6.45) is 3.53. The molecule has 1 aromatic carbocycles. The highest BCUT2D eigenvalue weighted by Crippen LogP contribution is 2.34. The Kier molecular flexibility index (Phi) is 7.47. The number of carbonyl (C=O) groups excluding carboxylic acids is 1. The number of hydrogen-bond donors (Lipinski definition) is 1. The second-order valence-electron chi connectivity index (χ2n) is 9.39. The number of amides is 1. The first-order chi connectivity index (χ1) is 18.2. The van der Waals surface area contributed by atoms with Crippen LogP contribution < -0.4 is 9.62 Å². The van der Waals surface area contributed by atoms with Crippen molar-refractivity contribution in [3.05, 3.63) is 52.3 Å². The molecule has 2 fully saturated rings. The zero-order valence-corrected chi connectivity index (χ0v) is 22.8. The number of likely N-dealkylation sites (tertiary alicyclic amines) is 1. The normalized spacial score (nSPS) is 18.2. The van der Waals surface area contributed by atoms with Gasteiger partial charge in [-0.2, -0.15) is 9.61 Å². The first-order valence-electron chi connectivity index (χ1n) is 12.5. The molecular weight excluding hydrogens is 528 g/mol. The third kappa shape index (κ3) is 5.57. The van der Waals surface area contributed by atoms with E-state index in [1.165, 1.54) is 12.1 Å². The van der Waals surface area contributed by atoms with Gasteiger partial charge in [-0.1, -0.05) is 17.5 Å². The maximum absolute atomic E-state index is 13.9. The SMILES string of the molecule is CC#Cc1cc(N2CCOCC2)n2nc([C@@H]3CCCCN3C(=O)c3cc(Cl)ccc3NS(C)(=O)=O)cc2n1. The average Bonchev–Trinajstić information content (AvgIpc) is 3.33. The molecule has 0 spiro atoms. The summed E-state index contributed by atoms with van der Waals surface area (Å²) < 4.78 is 33.7. The van der Waals surface area contributed by atoms with Crippen LogP contribution in [0.4, 0.5) is 11.5 Å². The Morgan fingerprint density at radius 1 is 1.16 bits per heavy atom. The molecule has 0 radical (unpaired) electrons. The highest BCUT2D eigenvalue weighted by atomic mass is 35.5. The summed E-state index contributed by atoms with van der Waals surface area (Å²) >= 11 is 6.21. The van der Waals surface area contributed by atoms with Gasteiger partial charge in [0.2, 0.25) is 10.0 Å². The molecule has 12 heteroatoms. The van der Waals surface area contributed by atoms with Gasteiger partial charge in [-0.15, -0.1) is 0 Å². The highest BCUT2D eigenvalue weighted by molar-refractivity contribution is 7.92. The van der Waals surface area contributed by atoms with Gasteiger partial charge < -0.3 is 14.5 Å². The van der Waals surface area contributed by atoms with Crippen molar-refractivity contribution >= 4 is 44.7 Å². The lowest BCUT2D eigenvalue weighted by Crippen LogP contribution is -2.39. The first-order valence-corrected chi connectivity index (χ1v) is 14.7. The minimum atomic E-state index is -3.60. The summed E-state index contributed by atoms with van der Waals surface area (Å²) in [7, 11) is -3.60. The summed E-state index contributed by atoms with van der Waals surface area (Å²) in [5, 5.41) is 5.28. The Morgan fingerprint density at radius 2 is 1.95 bits per heavy atom. The largest absolute Gasteiger partial charge is 0.378 e. The van der Waals surface area contributed by atoms with Crippen molar-refractivity contribution in [1.82, 2.24) is 19.5 Å². The third-order valence-electron chi connectivity index (χ3n) is 6.63. The first kappa shape index (κ1) is 26.3. The summed E-state index contributed by atoms with van der Waals surface area (Å²) in [5.74, 6) is 6.54. The van der Waals surface area contributed by atoms with E-state index in [0.29, 0.717) is 36.1 Å². The number of carbonyl (C=O) groups is 1. The number of ether oxygens (including phenoxy) is 1. The summed E-state index contributed by atoms with van der Waals surface area (Å²) in [5.41, 5.74) is 2.43. The number of sulfonamides is 1. The smallest absolute Gasteiger partial charge is 0.256 e. The van der Waals surface area contributed by atoms with E-state index >= 15 is 0 Å². The third-order valence-corrected chi connectivity index (χ3v) is 7.45. The van der Waals surface area contributed by atoms with Crippen LogP contribution in [0.5, 0.6) is 0 Å². The van der Waals surface area contributed by atoms with Crippen LogP contribution >= 0.6 is 11.6 Å². The van der Waals surface area contributed by atoms with E-state index in [4.69, 9.17) is 26.4 Å². The monoisotopic (exact) mass is 556 g/mol. The molecule has 0 bridgehead atoms. The fourth-order valence-electron chi connectivity index (χ4n) is 4.97. The molecule has 4 heterocycles. The van der Waals surface area contributed by atoms with Gasteiger partial charge >= 0.3 is 0 Å². The Balaban J connectivity index is 1.55. The molecular formula is C26H29ClN6O4S. The van der Waals surface area contributed by atoms with Crippen LogP contribution in [0.1, 0.15) is 54.0 Å². The molecule has 2 aliphatic heterocycles. The number of benzene rings is 1. The standard InChI is InChI=1S/C26H29ClN6O4S/c1-3-6-19-16-25(31-11-13-37-14-12-31)33-24(28-19)17-22(29-33)23-7-4-5-10-32(23)26(34)20-15-18(27)8-9-21(20)30-38(2,35)36/h8-9,15-17,23,30H,4-5,7,10-14H2,1-2H3/t23-/m0/s1. The van der Waals surface area contributed by atoms with Gasteiger partial charge in [0.15, 0.2) is 5.65 Å². The van der Waals surface area contributed by atoms with Gasteiger partial charge in [0.05, 0.1) is 42.5 Å². The fourth-order valence-corrected chi connectivity index (χ4v) is 5.72. The minimum Gasteiger partial charge on any atom is -0.378 e. The second-order valence-corrected chi connectivity index (χ2v) is 11.6. The van der Waals surface area contributed by atoms with Crippen LogP contribution in [0, 0.1) is 11.8 Å². The number of piperidine rings is 1. The summed E-state index contributed by atoms with van der Waals surface area (Å²) in [6.45, 7) is 5.00. The molecule has 2 saturated heterocycles. The molecule has 0 saturated carbocycles. The van der Waals surface area contributed by atoms with Crippen molar-refractivity contribution in [2.75, 3.05) is 48.7 Å². The molecule has 1 atom stereocenters. The second kappa shape index (κ2) is 10.8. The fraction of sp³-hybridized carbons (Fsp3) is 0.423. The molecule has 1 N–H and O–H groups in total. The van der Waals surface area contributed by atoms with Gasteiger partial charge in [0, 0.05) is 36.8 Å². The Morgan fingerprint density at radius 3 is 2.68 bits per heavy atom. The predicted molar refractivity (Wildman–Crippen MR) is 146 cm³/mol. The molecule has 5 rings (SSSR count). The number of fused-ring (bicyclic) bond motifs is 1. The van der Waals surface area contributed by atoms with Gasteiger partial charge in [-0.25, -0.2) is 13.4 Å². The molecule has 10 nitrogen and oxygen atoms in total. The molecule has 0 unspecified atom stereocenters. The number of rotatable bonds is 5. The Labute approximate surface area is 227 Å². The topological polar surface area (TPSA) is 109 Å². The lowest BCUT2D eigenvalue weighted by Gasteiger charge is -2.35. The lowest BCUT2D eigenvalue weighted by molar-refractivity contribution is 0.0607. The number of hydrogen-bond acceptors (Lipinski definition) is 7. The summed E-state index contributed by atoms with van der Waals surface area (Å²) in [4.78, 5) is 22.5. The van der Waals surface area contributed by atoms with Crippen LogP contribution in [-0.2, 0) is 14.8 Å². The van der Waals surface area contributed by atoms with Crippen LogP contribution in [0.2, 0.25) is 5.02 Å². The molecule has 3 aromatic rings. The number of nitrogens with one attached hydrogen (secondary N) is 1. The quantitative estimate of drug-likeness (QED) is 0.480. The van der Waals surface area contributed by atoms with Crippen LogP contribution in [0.15, 0.2) is 30.3 Å². The predicted octanol–water partition coefficient (Wildman–Crippen LogP) is 3.33. The van der Waals surface area contributed by atoms with Crippen molar-refractivity contribution < 1.29 is 17.9 Å². The zero-order chi connectivity index (χ0) is 26.9. The van der Waals surface area contributed by atoms with Crippen molar-refractivity contribution in [2.24, 2.45) is 0 Å². The van der Waals surface area contributed by atoms with Crippen molar-refractivity contribution in [1.29, 1.82) is 0 Å². The molecule has 1 amide bonds. The number of halogens is 1. The van der Waals surface area contributed by atoms with Crippen LogP contribution in [0.3, 0.4) is 0 Å². The van der Waals surface area contributed by atoms with E-state index < -0.39 is 10.0 Å². The van der Waals surface area contributed by atoms with Gasteiger partial charge in [-0.3, -0.25) is 9.52 Å². The molecule has 200 valence electrons. The van der Waals surface area contributed by atoms with E-state index in [9.17, 15) is 13.2 Å². The molecule has 0 aliphatic carbocycles. The molecule has 2 aliphatic rings. The van der Waals surface area contributed by atoms with Crippen molar-refractivity contribution in [2.45, 2.75) is 32.2 Å². The van der Waals surface area contributed by atoms with E-state index in [2.05, 4.69) is 21.5 Å². The van der Waals surface area contributed by atoms with Gasteiger partial charge in [0.25, 0.3) is 5.91 Å². The Bertz CT molecular complexity index is 1540. The number of nitrogens with zero attached hydrogens (tertiary/aromatic N) is 5. The van der Waals surface area contributed by atoms with Gasteiger partial charge in [-0.05, 0) is 50.3 Å². The van der Waals surface area contributed by atoms with E-state index in [1.54, 1.807) is 17.9 Å². The zero-order valence-electron chi connectivity index (χ0n) is 21.3. The van der Waals surface area contributed by atoms with Crippen LogP contribution in [0.25, 0.3) is 5.65 Å². The minimum absolute atomic E-state index is 0.195. The van der Waals surface area contributed by atoms with E-state index in [-0.39, 0.29) is 23.2 Å². The lowest BCUT2D eigenvalue weighted by atomic mass is 9.98. The van der Waals surface area contributed by atoms with Gasteiger partial charge in [0.1, 0.15) is 11.5 Å². The van der Waals surface area contributed by atoms with Crippen molar-refractivity contribution in [3.8, 4) is 11.8 Å². The van der Waals surface area contributed by atoms with E-state index in [1.807, 2.05) is 16.6 Å². The summed E-state index contributed by atoms with van der Waals surface area (Å²) in [6, 6.07) is 8.10. The van der Waals surface area contributed by atoms with Crippen molar-refractivity contribution in [3.63, 3.8) is 0 Å². The number of anilines is 2. The van der Waals surface area contributed by atoms with Crippen LogP contribution in [-0.4, -0.2) is 72.9 Å². The highest BCUT2D eigenvalue weighted by Gasteiger charge is 2.32. The number of morpholine rings is 1. The maximum Gasteiger partial charge on any atom is 0.256 e. The molecule has 2 aromatic heterocycles. The Hall–Kier alpha value is -3.33.